The molecule has 0 N–H and O–H groups in total. The molecule has 6 aliphatic heterocycles. The van der Waals surface area contributed by atoms with Gasteiger partial charge in [0.2, 0.25) is 0 Å². The van der Waals surface area contributed by atoms with Crippen LogP contribution in [0, 0.1) is 13.8 Å². The molecule has 0 radical (unpaired) electrons. The second-order valence-electron chi connectivity index (χ2n) is 45.6. The SMILES string of the molecule is [2H]C([2H])([2H])C(C)(C)c1ccc(N2c3ccc(C(C)(C)C([2H])([2H])[2H])cc3B3c4cc5c(cc4Oc4cccc2c43)-c2ccc(N(c3ccccc3)c3ccccc3)cc2C5(C)C)cc1.[2H]C([2H])([2H])C(C)(C)c1ccc(N2c3ccc(C(C)(C)C([2H])([2H])[2H])cc3B3c4cc5ccccc5cc4Oc4cccc2c43)cc1.[2H]C([2H])([2H])c1ccc2c(c1)c1cc(C)ccc1n2-c1cc2c3c(c1)N(c1ccc(C(C)(C)C([2H])([2H])[2H])cc1)c1ccc(C(C)(C)C([2H])([2H])[2H])cc1B3c1cc(C(C)(C([2H])([2H])[2H])C([2H])([2H])[2H])ccc1O2. The molecule has 1 aromatic heterocycles. The van der Waals surface area contributed by atoms with Crippen LogP contribution < -0.4 is 83.0 Å². The highest BCUT2D eigenvalue weighted by molar-refractivity contribution is 7.01. The zero-order valence-electron chi connectivity index (χ0n) is 114. The smallest absolute Gasteiger partial charge is 0.256 e. The monoisotopic (exact) mass is 1980 g/mol. The molecule has 0 bridgehead atoms. The number of benzene rings is 18. The van der Waals surface area contributed by atoms with Crippen LogP contribution in [0.2, 0.25) is 0 Å². The summed E-state index contributed by atoms with van der Waals surface area (Å²) in [5, 5.41) is 3.77. The van der Waals surface area contributed by atoms with Crippen molar-refractivity contribution in [3.8, 4) is 51.3 Å². The standard InChI is InChI=1S/C53H49BN2O.C50H51BN2O.C36H34BNO/c1-51(2,3)34-22-25-38(26-23-34)56-46-29-24-35(52(4,5)6)30-44(46)54-45-33-43-41(32-49(45)57-48-21-15-20-47(56)50(48)54)40-28-27-39(31-42(40)53(43,7)8)55(36-16-11-9-12-17-36)37-18-13-10-14-19-37;1-30-12-20-41-37(24-30)38-25-31(2)13-21-42(38)53(41)36-28-44-47-46(29-36)54-45-23-17-34(50(9,10)11)27-40(45)51(47)39-26-33(49(6,7)8)16-22-43(39)52(44)35-18-14-32(15-19-35)48(3,4)5;1-35(2,3)25-14-17-27(18-15-25)38-30-19-16-26(36(4,5)6)22-28(30)37-29-20-23-10-7-8-11-24(23)21-33(29)39-32-13-9-12-31(38)34(32)37/h9-33H,1-8H3;12-29H,1-11H3;7-22H,1-6H3/i1D3,4D3;1D3,3D3,6D3,9D3,10D3;1D3,4D3. The number of rotatable bonds is 7. The minimum atomic E-state index is -2.95. The molecule has 18 aromatic carbocycles. The van der Waals surface area contributed by atoms with Crippen molar-refractivity contribution in [3.63, 3.8) is 0 Å². The van der Waals surface area contributed by atoms with E-state index in [9.17, 15) is 0 Å². The summed E-state index contributed by atoms with van der Waals surface area (Å²) in [4.78, 5) is 8.70. The Kier molecular flexibility index (Phi) is 16.5. The second-order valence-corrected chi connectivity index (χ2v) is 45.6. The van der Waals surface area contributed by atoms with Crippen molar-refractivity contribution in [2.45, 2.75) is 216 Å². The Balaban J connectivity index is 0.000000138. The van der Waals surface area contributed by atoms with Crippen molar-refractivity contribution >= 4 is 170 Å². The maximum atomic E-state index is 8.58. The Labute approximate surface area is 927 Å². The molecule has 0 atom stereocenters. The van der Waals surface area contributed by atoms with Gasteiger partial charge in [0.1, 0.15) is 34.5 Å². The molecule has 0 spiro atoms. The number of anilines is 12. The lowest BCUT2D eigenvalue weighted by atomic mass is 9.33. The first-order valence-electron chi connectivity index (χ1n) is 65.2. The lowest BCUT2D eigenvalue weighted by Gasteiger charge is -2.41. The normalized spacial score (nSPS) is 17.6. The van der Waals surface area contributed by atoms with Crippen molar-refractivity contribution in [2.24, 2.45) is 0 Å². The predicted octanol–water partition coefficient (Wildman–Crippen LogP) is 32.0. The molecule has 0 saturated carbocycles. The van der Waals surface area contributed by atoms with E-state index in [0.717, 1.165) is 173 Å². The minimum Gasteiger partial charge on any atom is -0.458 e. The molecule has 19 aromatic rings. The van der Waals surface area contributed by atoms with E-state index >= 15 is 0 Å². The van der Waals surface area contributed by atoms with Gasteiger partial charge in [-0.25, -0.2) is 0 Å². The van der Waals surface area contributed by atoms with E-state index in [1.165, 1.54) is 29.7 Å². The third-order valence-corrected chi connectivity index (χ3v) is 31.5. The predicted molar refractivity (Wildman–Crippen MR) is 641 cm³/mol. The summed E-state index contributed by atoms with van der Waals surface area (Å²) in [5.74, 6) is 3.84. The number of nitrogens with zero attached hydrogens (tertiary/aromatic N) is 5. The van der Waals surface area contributed by atoms with Crippen LogP contribution in [0.4, 0.5) is 68.2 Å². The second kappa shape index (κ2) is 35.0. The first-order chi connectivity index (χ1) is 82.6. The molecular weight excluding hydrogens is 1820 g/mol. The molecule has 1 aliphatic carbocycles. The largest absolute Gasteiger partial charge is 0.458 e. The Morgan fingerprint density at radius 2 is 0.647 bits per heavy atom. The van der Waals surface area contributed by atoms with Crippen LogP contribution in [-0.4, -0.2) is 24.7 Å². The quantitative estimate of drug-likeness (QED) is 0.147. The Bertz CT molecular complexity index is 9850. The maximum Gasteiger partial charge on any atom is 0.256 e. The number of fused-ring (bicyclic) bond motifs is 19. The average Bonchev–Trinajstić information content (AvgIpc) is 1.65. The fourth-order valence-corrected chi connectivity index (χ4v) is 23.7. The van der Waals surface area contributed by atoms with Crippen molar-refractivity contribution < 1.29 is 51.2 Å². The molecule has 0 saturated heterocycles. The number of ether oxygens (including phenoxy) is 3. The van der Waals surface area contributed by atoms with Gasteiger partial charge in [0.05, 0.1) is 16.7 Å². The zero-order valence-corrected chi connectivity index (χ0v) is 87.3. The number of aromatic nitrogens is 1. The van der Waals surface area contributed by atoms with Crippen LogP contribution in [0.3, 0.4) is 0 Å². The maximum absolute atomic E-state index is 8.58. The van der Waals surface area contributed by atoms with Gasteiger partial charge in [-0.05, 0) is 337 Å². The Morgan fingerprint density at radius 1 is 0.260 bits per heavy atom. The summed E-state index contributed by atoms with van der Waals surface area (Å²) in [5.41, 5.74) is 21.2. The van der Waals surface area contributed by atoms with Crippen LogP contribution in [0.15, 0.2) is 358 Å². The van der Waals surface area contributed by atoms with Crippen molar-refractivity contribution in [1.29, 1.82) is 0 Å². The number of aryl methyl sites for hydroxylation is 2. The van der Waals surface area contributed by atoms with E-state index in [1.807, 2.05) is 182 Å². The first-order valence-corrected chi connectivity index (χ1v) is 51.7. The van der Waals surface area contributed by atoms with E-state index in [-0.39, 0.29) is 30.0 Å². The molecule has 0 unspecified atom stereocenters. The molecule has 7 aliphatic rings. The number of para-hydroxylation sites is 2. The zero-order chi connectivity index (χ0) is 127. The van der Waals surface area contributed by atoms with Crippen molar-refractivity contribution in [1.82, 2.24) is 4.57 Å². The van der Waals surface area contributed by atoms with Crippen LogP contribution in [-0.2, 0) is 43.3 Å². The van der Waals surface area contributed by atoms with Gasteiger partial charge in [0.25, 0.3) is 20.1 Å². The molecule has 0 amide bonds. The highest BCUT2D eigenvalue weighted by Gasteiger charge is 2.49. The Hall–Kier alpha value is -15.2. The van der Waals surface area contributed by atoms with Gasteiger partial charge in [-0.15, -0.1) is 0 Å². The van der Waals surface area contributed by atoms with Crippen LogP contribution >= 0.6 is 0 Å². The van der Waals surface area contributed by atoms with E-state index < -0.39 is 106 Å². The fraction of sp³-hybridized carbons (Fsp3) is 0.237. The summed E-state index contributed by atoms with van der Waals surface area (Å²) in [7, 11) is 0. The van der Waals surface area contributed by atoms with Gasteiger partial charge in [-0.3, -0.25) is 0 Å². The third-order valence-electron chi connectivity index (χ3n) is 31.5. The minimum absolute atomic E-state index is 0.0545. The molecule has 7 heterocycles. The van der Waals surface area contributed by atoms with Gasteiger partial charge in [0, 0.05) is 128 Å². The lowest BCUT2D eigenvalue weighted by Crippen LogP contribution is -2.60. The van der Waals surface area contributed by atoms with Gasteiger partial charge >= 0.3 is 0 Å². The van der Waals surface area contributed by atoms with Gasteiger partial charge < -0.3 is 38.4 Å². The lowest BCUT2D eigenvalue weighted by molar-refractivity contribution is 0.486. The van der Waals surface area contributed by atoms with E-state index in [4.69, 9.17) is 51.2 Å². The highest BCUT2D eigenvalue weighted by atomic mass is 16.5. The summed E-state index contributed by atoms with van der Waals surface area (Å²) in [6.45, 7) is 5.61. The van der Waals surface area contributed by atoms with E-state index in [2.05, 4.69) is 167 Å². The molecule has 11 heteroatoms. The fourth-order valence-electron chi connectivity index (χ4n) is 23.7. The van der Waals surface area contributed by atoms with E-state index in [0.29, 0.717) is 61.8 Å². The molecule has 0 fully saturated rings. The van der Waals surface area contributed by atoms with Gasteiger partial charge in [-0.2, -0.15) is 0 Å². The molecule has 8 nitrogen and oxygen atoms in total. The summed E-state index contributed by atoms with van der Waals surface area (Å²) < 4.78 is 249. The highest BCUT2D eigenvalue weighted by Crippen LogP contribution is 2.55. The first kappa shape index (κ1) is 70.7. The Morgan fingerprint density at radius 3 is 1.13 bits per heavy atom. The van der Waals surface area contributed by atoms with Crippen molar-refractivity contribution in [3.05, 3.63) is 419 Å². The molecule has 150 heavy (non-hydrogen) atoms. The van der Waals surface area contributed by atoms with Crippen LogP contribution in [0.25, 0.3) is 49.4 Å². The number of hydrogen-bond acceptors (Lipinski definition) is 7. The number of hydrogen-bond donors (Lipinski definition) is 0. The van der Waals surface area contributed by atoms with Gasteiger partial charge in [0.15, 0.2) is 0 Å². The average molecular weight is 1980 g/mol. The van der Waals surface area contributed by atoms with Crippen LogP contribution in [0.5, 0.6) is 34.5 Å². The molecule has 26 rings (SSSR count). The van der Waals surface area contributed by atoms with Gasteiger partial charge in [-0.1, -0.05) is 358 Å². The van der Waals surface area contributed by atoms with E-state index in [1.54, 1.807) is 132 Å². The molecule has 742 valence electrons. The summed E-state index contributed by atoms with van der Waals surface area (Å²) in [6, 6.07) is 117. The third kappa shape index (κ3) is 16.4. The molecular formula is C139H134B3N5O3. The van der Waals surface area contributed by atoms with Crippen molar-refractivity contribution in [2.75, 3.05) is 19.6 Å². The summed E-state index contributed by atoms with van der Waals surface area (Å²) >= 11 is 0. The summed E-state index contributed by atoms with van der Waals surface area (Å²) in [6.07, 6.45) is 0. The van der Waals surface area contributed by atoms with Crippen LogP contribution in [0.1, 0.15) is 257 Å². The topological polar surface area (TPSA) is 45.6 Å².